The first kappa shape index (κ1) is 10.1. The summed E-state index contributed by atoms with van der Waals surface area (Å²) in [5.74, 6) is -0.318. The van der Waals surface area contributed by atoms with Gasteiger partial charge in [-0.1, -0.05) is 30.3 Å². The highest BCUT2D eigenvalue weighted by Gasteiger charge is 2.19. The second-order valence-electron chi connectivity index (χ2n) is 3.14. The summed E-state index contributed by atoms with van der Waals surface area (Å²) in [5.41, 5.74) is 1.22. The minimum Gasteiger partial charge on any atom is -0.289 e. The topological polar surface area (TPSA) is 34.1 Å². The van der Waals surface area contributed by atoms with Crippen molar-refractivity contribution in [3.05, 3.63) is 52.5 Å². The van der Waals surface area contributed by atoms with E-state index in [9.17, 15) is 9.59 Å². The number of ketones is 2. The Hall–Kier alpha value is -1.48. The van der Waals surface area contributed by atoms with Crippen LogP contribution in [0, 0.1) is 0 Å². The first-order valence-electron chi connectivity index (χ1n) is 4.41. The summed E-state index contributed by atoms with van der Waals surface area (Å²) in [7, 11) is 0. The van der Waals surface area contributed by atoms with Gasteiger partial charge in [0, 0.05) is 11.6 Å². The van der Waals surface area contributed by atoms with Gasteiger partial charge in [0.2, 0.25) is 0 Å². The van der Waals surface area contributed by atoms with Crippen molar-refractivity contribution in [1.29, 1.82) is 0 Å². The maximum absolute atomic E-state index is 11.6. The molecule has 1 aliphatic carbocycles. The third kappa shape index (κ3) is 1.97. The van der Waals surface area contributed by atoms with Crippen molar-refractivity contribution >= 4 is 33.1 Å². The first-order chi connectivity index (χ1) is 7.18. The lowest BCUT2D eigenvalue weighted by Gasteiger charge is -2.08. The third-order valence-electron chi connectivity index (χ3n) is 2.12. The van der Waals surface area contributed by atoms with Gasteiger partial charge in [0.15, 0.2) is 11.6 Å². The molecule has 2 rings (SSSR count). The Morgan fingerprint density at radius 3 is 2.20 bits per heavy atom. The molecule has 0 radical (unpaired) electrons. The minimum absolute atomic E-state index is 0.146. The fraction of sp³-hybridized carbons (Fsp3) is 0. The van der Waals surface area contributed by atoms with Gasteiger partial charge in [0.1, 0.15) is 0 Å². The van der Waals surface area contributed by atoms with Crippen molar-refractivity contribution in [2.24, 2.45) is 0 Å². The van der Waals surface area contributed by atoms with Crippen LogP contribution in [0.5, 0.6) is 0 Å². The van der Waals surface area contributed by atoms with E-state index in [0.717, 1.165) is 5.56 Å². The number of hydrogen-bond acceptors (Lipinski definition) is 2. The monoisotopic (exact) mass is 262 g/mol. The van der Waals surface area contributed by atoms with Gasteiger partial charge < -0.3 is 0 Å². The van der Waals surface area contributed by atoms with Crippen molar-refractivity contribution in [3.63, 3.8) is 0 Å². The normalized spacial score (nSPS) is 16.1. The summed E-state index contributed by atoms with van der Waals surface area (Å²) < 4.78 is 0.312. The van der Waals surface area contributed by atoms with Crippen LogP contribution in [-0.4, -0.2) is 11.6 Å². The zero-order valence-corrected chi connectivity index (χ0v) is 9.32. The molecular weight excluding hydrogens is 256 g/mol. The number of carbonyl (C=O) groups excluding carboxylic acids is 2. The fourth-order valence-corrected chi connectivity index (χ4v) is 1.70. The molecule has 0 bridgehead atoms. The van der Waals surface area contributed by atoms with E-state index in [-0.39, 0.29) is 11.6 Å². The van der Waals surface area contributed by atoms with Gasteiger partial charge in [-0.15, -0.1) is 0 Å². The molecule has 0 fully saturated rings. The third-order valence-corrected chi connectivity index (χ3v) is 2.74. The molecule has 1 aromatic carbocycles. The summed E-state index contributed by atoms with van der Waals surface area (Å²) >= 11 is 3.04. The van der Waals surface area contributed by atoms with Crippen LogP contribution in [0.2, 0.25) is 0 Å². The molecule has 0 saturated heterocycles. The van der Waals surface area contributed by atoms with Crippen LogP contribution in [0.3, 0.4) is 0 Å². The average molecular weight is 263 g/mol. The summed E-state index contributed by atoms with van der Waals surface area (Å²) in [4.78, 5) is 23.0. The Morgan fingerprint density at radius 2 is 1.53 bits per heavy atom. The smallest absolute Gasteiger partial charge is 0.193 e. The predicted octanol–water partition coefficient (Wildman–Crippen LogP) is 2.50. The molecule has 0 aliphatic heterocycles. The fourth-order valence-electron chi connectivity index (χ4n) is 1.38. The summed E-state index contributed by atoms with van der Waals surface area (Å²) in [5, 5.41) is 0. The SMILES string of the molecule is O=C1C=C(c2ccccc2)C(=O)C=C1Br. The van der Waals surface area contributed by atoms with Gasteiger partial charge in [-0.25, -0.2) is 0 Å². The molecule has 74 valence electrons. The molecule has 0 spiro atoms. The van der Waals surface area contributed by atoms with Gasteiger partial charge in [-0.05, 0) is 27.6 Å². The van der Waals surface area contributed by atoms with E-state index < -0.39 is 0 Å². The van der Waals surface area contributed by atoms with Gasteiger partial charge in [0.05, 0.1) is 4.48 Å². The zero-order valence-electron chi connectivity index (χ0n) is 7.74. The highest BCUT2D eigenvalue weighted by atomic mass is 79.9. The van der Waals surface area contributed by atoms with Crippen molar-refractivity contribution in [2.45, 2.75) is 0 Å². The summed E-state index contributed by atoms with van der Waals surface area (Å²) in [6.45, 7) is 0. The lowest BCUT2D eigenvalue weighted by Crippen LogP contribution is -2.09. The predicted molar refractivity (Wildman–Crippen MR) is 61.4 cm³/mol. The molecular formula is C12H7BrO2. The van der Waals surface area contributed by atoms with E-state index in [2.05, 4.69) is 15.9 Å². The minimum atomic E-state index is -0.173. The maximum Gasteiger partial charge on any atom is 0.193 e. The molecule has 0 N–H and O–H groups in total. The lowest BCUT2D eigenvalue weighted by molar-refractivity contribution is -0.113. The Labute approximate surface area is 95.4 Å². The van der Waals surface area contributed by atoms with E-state index in [1.54, 1.807) is 0 Å². The van der Waals surface area contributed by atoms with Crippen molar-refractivity contribution in [1.82, 2.24) is 0 Å². The van der Waals surface area contributed by atoms with Crippen LogP contribution in [0.15, 0.2) is 47.0 Å². The molecule has 0 heterocycles. The Balaban J connectivity index is 2.45. The highest BCUT2D eigenvalue weighted by molar-refractivity contribution is 9.12. The van der Waals surface area contributed by atoms with Gasteiger partial charge in [0.25, 0.3) is 0 Å². The molecule has 0 saturated carbocycles. The molecule has 2 nitrogen and oxygen atoms in total. The molecule has 0 aromatic heterocycles. The Bertz CT molecular complexity index is 484. The highest BCUT2D eigenvalue weighted by Crippen LogP contribution is 2.23. The number of rotatable bonds is 1. The largest absolute Gasteiger partial charge is 0.289 e. The molecule has 3 heteroatoms. The summed E-state index contributed by atoms with van der Waals surface area (Å²) in [6.07, 6.45) is 2.67. The molecule has 0 atom stereocenters. The van der Waals surface area contributed by atoms with E-state index in [4.69, 9.17) is 0 Å². The molecule has 0 unspecified atom stereocenters. The van der Waals surface area contributed by atoms with Crippen LogP contribution in [-0.2, 0) is 9.59 Å². The number of halogens is 1. The van der Waals surface area contributed by atoms with E-state index in [1.807, 2.05) is 30.3 Å². The summed E-state index contributed by atoms with van der Waals surface area (Å²) in [6, 6.07) is 9.15. The Kier molecular flexibility index (Phi) is 2.64. The maximum atomic E-state index is 11.6. The van der Waals surface area contributed by atoms with Crippen LogP contribution < -0.4 is 0 Å². The van der Waals surface area contributed by atoms with Gasteiger partial charge >= 0.3 is 0 Å². The van der Waals surface area contributed by atoms with Gasteiger partial charge in [-0.3, -0.25) is 9.59 Å². The van der Waals surface area contributed by atoms with Crippen molar-refractivity contribution < 1.29 is 9.59 Å². The standard InChI is InChI=1S/C12H7BrO2/c13-10-7-11(14)9(6-12(10)15)8-4-2-1-3-5-8/h1-7H. The Morgan fingerprint density at radius 1 is 0.867 bits per heavy atom. The van der Waals surface area contributed by atoms with Crippen molar-refractivity contribution in [3.8, 4) is 0 Å². The second kappa shape index (κ2) is 3.95. The van der Waals surface area contributed by atoms with E-state index >= 15 is 0 Å². The first-order valence-corrected chi connectivity index (χ1v) is 5.21. The lowest BCUT2D eigenvalue weighted by atomic mass is 9.96. The van der Waals surface area contributed by atoms with Crippen LogP contribution in [0.4, 0.5) is 0 Å². The zero-order chi connectivity index (χ0) is 10.8. The number of carbonyl (C=O) groups is 2. The van der Waals surface area contributed by atoms with Crippen molar-refractivity contribution in [2.75, 3.05) is 0 Å². The number of hydrogen-bond donors (Lipinski definition) is 0. The van der Waals surface area contributed by atoms with Crippen LogP contribution >= 0.6 is 15.9 Å². The molecule has 1 aliphatic rings. The van der Waals surface area contributed by atoms with E-state index in [1.165, 1.54) is 12.2 Å². The average Bonchev–Trinajstić information content (AvgIpc) is 2.25. The van der Waals surface area contributed by atoms with E-state index in [0.29, 0.717) is 10.1 Å². The number of benzene rings is 1. The van der Waals surface area contributed by atoms with Crippen LogP contribution in [0.1, 0.15) is 5.56 Å². The van der Waals surface area contributed by atoms with Crippen LogP contribution in [0.25, 0.3) is 5.57 Å². The second-order valence-corrected chi connectivity index (χ2v) is 4.00. The quantitative estimate of drug-likeness (QED) is 0.729. The number of allylic oxidation sites excluding steroid dienone is 4. The van der Waals surface area contributed by atoms with Gasteiger partial charge in [-0.2, -0.15) is 0 Å². The molecule has 15 heavy (non-hydrogen) atoms. The molecule has 1 aromatic rings. The molecule has 0 amide bonds.